The van der Waals surface area contributed by atoms with E-state index < -0.39 is 35.6 Å². The van der Waals surface area contributed by atoms with E-state index in [1.807, 2.05) is 0 Å². The van der Waals surface area contributed by atoms with Crippen molar-refractivity contribution < 1.29 is 27.8 Å². The normalized spacial score (nSPS) is 23.5. The number of hydrogen-bond donors (Lipinski definition) is 1. The Labute approximate surface area is 362 Å². The van der Waals surface area contributed by atoms with E-state index >= 15 is 0 Å². The standard InChI is InChI=1S/C22H29FN6O2.C21H28FN7O2/c1-15(23)21(30)29-11-10-28(13-17(29)12-24-2)20-18-7-4-8-19(18)25-22(26-20)31-14-16-6-5-9-27(16)3;1-14(22)20(30)29-8-7-28(12-16(29)9-23-2)19-17-10-24-11-18(17)25-21(26-19)31-13-15-5-4-6-27(15)3/h16-17H,1,4-14H2,3H3;15-16,24H,1,4-13H2,3H3/t16-,17-;15-,16-/m00/s1. The number of anilines is 2. The molecule has 0 saturated carbocycles. The highest BCUT2D eigenvalue weighted by atomic mass is 19.1. The Morgan fingerprint density at radius 2 is 1.18 bits per heavy atom. The summed E-state index contributed by atoms with van der Waals surface area (Å²) in [5, 5.41) is 3.31. The minimum Gasteiger partial charge on any atom is -0.462 e. The molecule has 4 atom stereocenters. The summed E-state index contributed by atoms with van der Waals surface area (Å²) in [5.41, 5.74) is 4.08. The number of carbonyl (C=O) groups excluding carboxylic acids is 2. The van der Waals surface area contributed by atoms with Gasteiger partial charge in [-0.3, -0.25) is 9.59 Å². The zero-order valence-electron chi connectivity index (χ0n) is 35.8. The van der Waals surface area contributed by atoms with Crippen molar-refractivity contribution in [3.63, 3.8) is 0 Å². The molecule has 332 valence electrons. The molecular formula is C43H57F2N13O4. The van der Waals surface area contributed by atoms with Gasteiger partial charge in [-0.1, -0.05) is 13.2 Å². The summed E-state index contributed by atoms with van der Waals surface area (Å²) in [4.78, 5) is 61.6. The van der Waals surface area contributed by atoms with E-state index in [2.05, 4.69) is 71.8 Å². The molecule has 0 aromatic carbocycles. The van der Waals surface area contributed by atoms with Gasteiger partial charge in [0, 0.05) is 75.6 Å². The number of piperazine rings is 2. The summed E-state index contributed by atoms with van der Waals surface area (Å²) in [6.45, 7) is 28.0. The number of amides is 2. The highest BCUT2D eigenvalue weighted by molar-refractivity contribution is 5.91. The first kappa shape index (κ1) is 44.6. The van der Waals surface area contributed by atoms with E-state index in [1.54, 1.807) is 0 Å². The number of rotatable bonds is 12. The van der Waals surface area contributed by atoms with Crippen LogP contribution in [0.2, 0.25) is 0 Å². The van der Waals surface area contributed by atoms with Crippen molar-refractivity contribution in [2.24, 2.45) is 0 Å². The Hall–Kier alpha value is -5.50. The van der Waals surface area contributed by atoms with Gasteiger partial charge in [-0.2, -0.15) is 19.9 Å². The van der Waals surface area contributed by atoms with Gasteiger partial charge in [-0.05, 0) is 72.1 Å². The number of nitrogens with zero attached hydrogens (tertiary/aromatic N) is 12. The first-order valence-corrected chi connectivity index (χ1v) is 21.6. The lowest BCUT2D eigenvalue weighted by atomic mass is 10.1. The number of nitrogens with one attached hydrogen (secondary N) is 1. The van der Waals surface area contributed by atoms with Gasteiger partial charge in [0.25, 0.3) is 11.8 Å². The second kappa shape index (κ2) is 20.1. The van der Waals surface area contributed by atoms with Crippen LogP contribution in [-0.4, -0.2) is 168 Å². The van der Waals surface area contributed by atoms with Crippen molar-refractivity contribution in [2.75, 3.05) is 103 Å². The maximum atomic E-state index is 13.5. The molecule has 4 saturated heterocycles. The highest BCUT2D eigenvalue weighted by Gasteiger charge is 2.38. The van der Waals surface area contributed by atoms with E-state index in [9.17, 15) is 18.4 Å². The Morgan fingerprint density at radius 3 is 1.65 bits per heavy atom. The number of fused-ring (bicyclic) bond motifs is 2. The van der Waals surface area contributed by atoms with E-state index in [1.165, 1.54) is 22.6 Å². The molecule has 6 aliphatic rings. The van der Waals surface area contributed by atoms with Crippen molar-refractivity contribution >= 4 is 23.5 Å². The molecule has 0 spiro atoms. The van der Waals surface area contributed by atoms with E-state index in [-0.39, 0.29) is 13.1 Å². The Kier molecular flexibility index (Phi) is 14.5. The number of ether oxygens (including phenoxy) is 2. The maximum Gasteiger partial charge on any atom is 0.318 e. The molecule has 7 heterocycles. The van der Waals surface area contributed by atoms with Gasteiger partial charge in [-0.25, -0.2) is 21.9 Å². The van der Waals surface area contributed by atoms with E-state index in [4.69, 9.17) is 32.6 Å². The highest BCUT2D eigenvalue weighted by Crippen LogP contribution is 2.33. The second-order valence-corrected chi connectivity index (χ2v) is 16.8. The van der Waals surface area contributed by atoms with Crippen LogP contribution in [0.5, 0.6) is 12.0 Å². The molecule has 0 bridgehead atoms. The average molecular weight is 858 g/mol. The number of carbonyl (C=O) groups is 2. The van der Waals surface area contributed by atoms with Crippen LogP contribution in [0.4, 0.5) is 20.4 Å². The molecule has 1 N–H and O–H groups in total. The van der Waals surface area contributed by atoms with Crippen LogP contribution < -0.4 is 24.6 Å². The predicted molar refractivity (Wildman–Crippen MR) is 228 cm³/mol. The molecule has 62 heavy (non-hydrogen) atoms. The van der Waals surface area contributed by atoms with Crippen molar-refractivity contribution in [3.8, 4) is 12.0 Å². The van der Waals surface area contributed by atoms with Gasteiger partial charge in [0.1, 0.15) is 36.9 Å². The van der Waals surface area contributed by atoms with Crippen molar-refractivity contribution in [1.29, 1.82) is 0 Å². The van der Waals surface area contributed by atoms with E-state index in [0.717, 1.165) is 79.3 Å². The Morgan fingerprint density at radius 1 is 0.677 bits per heavy atom. The Balaban J connectivity index is 0.000000186. The molecule has 0 unspecified atom stereocenters. The van der Waals surface area contributed by atoms with Crippen LogP contribution in [0.3, 0.4) is 0 Å². The molecule has 2 aromatic rings. The zero-order chi connectivity index (χ0) is 43.9. The average Bonchev–Trinajstić information content (AvgIpc) is 4.10. The van der Waals surface area contributed by atoms with Crippen LogP contribution in [0.25, 0.3) is 9.69 Å². The van der Waals surface area contributed by atoms with Gasteiger partial charge in [0.2, 0.25) is 13.1 Å². The van der Waals surface area contributed by atoms with Gasteiger partial charge in [0.05, 0.1) is 11.4 Å². The van der Waals surface area contributed by atoms with Gasteiger partial charge < -0.3 is 53.9 Å². The van der Waals surface area contributed by atoms with Crippen LogP contribution in [0.15, 0.2) is 24.8 Å². The van der Waals surface area contributed by atoms with Crippen LogP contribution in [0.1, 0.15) is 54.6 Å². The number of likely N-dealkylation sites (N-methyl/N-ethyl adjacent to an activating group) is 2. The first-order chi connectivity index (χ1) is 29.9. The Bertz CT molecular complexity index is 1950. The number of aryl methyl sites for hydroxylation is 1. The number of hydrogen-bond acceptors (Lipinski definition) is 13. The van der Waals surface area contributed by atoms with Gasteiger partial charge in [0.15, 0.2) is 11.7 Å². The fraction of sp³-hybridized carbons (Fsp3) is 0.628. The largest absolute Gasteiger partial charge is 0.462 e. The first-order valence-electron chi connectivity index (χ1n) is 21.6. The molecule has 2 aromatic heterocycles. The lowest BCUT2D eigenvalue weighted by molar-refractivity contribution is -0.131. The summed E-state index contributed by atoms with van der Waals surface area (Å²) < 4.78 is 38.9. The monoisotopic (exact) mass is 857 g/mol. The summed E-state index contributed by atoms with van der Waals surface area (Å²) >= 11 is 0. The lowest BCUT2D eigenvalue weighted by Crippen LogP contribution is -2.56. The van der Waals surface area contributed by atoms with Crippen molar-refractivity contribution in [3.05, 3.63) is 70.2 Å². The summed E-state index contributed by atoms with van der Waals surface area (Å²) in [6, 6.07) is 0.664. The SMILES string of the molecule is [C-]#[N+]C[C@H]1CN(c2nc(OC[C@@H]3CCCN3C)nc3c2CCC3)CCN1C(=O)C(=C)F.[C-]#[N+]C[C@H]1CN(c2nc(OC[C@@H]3CCCN3C)nc3c2CNC3)CCN1C(=O)C(=C)F. The maximum absolute atomic E-state index is 13.5. The number of aromatic nitrogens is 4. The molecule has 1 aliphatic carbocycles. The molecule has 19 heteroatoms. The lowest BCUT2D eigenvalue weighted by Gasteiger charge is -2.40. The summed E-state index contributed by atoms with van der Waals surface area (Å²) in [6.07, 6.45) is 7.39. The molecule has 5 aliphatic heterocycles. The molecule has 17 nitrogen and oxygen atoms in total. The molecule has 8 rings (SSSR count). The third-order valence-electron chi connectivity index (χ3n) is 12.8. The topological polar surface area (TPSA) is 144 Å². The van der Waals surface area contributed by atoms with E-state index in [0.29, 0.717) is 89.7 Å². The fourth-order valence-corrected chi connectivity index (χ4v) is 9.36. The van der Waals surface area contributed by atoms with Crippen LogP contribution >= 0.6 is 0 Å². The summed E-state index contributed by atoms with van der Waals surface area (Å²) in [5.74, 6) is -1.86. The van der Waals surface area contributed by atoms with Gasteiger partial charge >= 0.3 is 12.0 Å². The van der Waals surface area contributed by atoms with Gasteiger partial charge in [-0.15, -0.1) is 0 Å². The molecule has 2 amide bonds. The number of likely N-dealkylation sites (tertiary alicyclic amines) is 2. The van der Waals surface area contributed by atoms with Crippen LogP contribution in [0, 0.1) is 13.1 Å². The zero-order valence-corrected chi connectivity index (χ0v) is 35.8. The van der Waals surface area contributed by atoms with Crippen molar-refractivity contribution in [2.45, 2.75) is 82.2 Å². The van der Waals surface area contributed by atoms with Crippen LogP contribution in [-0.2, 0) is 35.5 Å². The summed E-state index contributed by atoms with van der Waals surface area (Å²) in [7, 11) is 4.21. The second-order valence-electron chi connectivity index (χ2n) is 16.8. The smallest absolute Gasteiger partial charge is 0.318 e. The fourth-order valence-electron chi connectivity index (χ4n) is 9.36. The predicted octanol–water partition coefficient (Wildman–Crippen LogP) is 2.83. The molecule has 0 radical (unpaired) electrons. The minimum atomic E-state index is -0.997. The third kappa shape index (κ3) is 10.1. The number of halogens is 2. The quantitative estimate of drug-likeness (QED) is 0.247. The molecular weight excluding hydrogens is 801 g/mol. The molecule has 4 fully saturated rings. The third-order valence-corrected chi connectivity index (χ3v) is 12.8. The van der Waals surface area contributed by atoms with Crippen molar-refractivity contribution in [1.82, 2.24) is 44.9 Å². The minimum absolute atomic E-state index is 0.0957.